The van der Waals surface area contributed by atoms with Crippen molar-refractivity contribution >= 4 is 17.5 Å². The number of hydrogen-bond donors (Lipinski definition) is 1. The van der Waals surface area contributed by atoms with Gasteiger partial charge >= 0.3 is 5.97 Å². The largest absolute Gasteiger partial charge is 0.481 e. The number of carboxylic acid groups (broad SMARTS) is 1. The van der Waals surface area contributed by atoms with Crippen LogP contribution < -0.4 is 0 Å². The van der Waals surface area contributed by atoms with E-state index in [4.69, 9.17) is 5.11 Å². The van der Waals surface area contributed by atoms with Crippen LogP contribution >= 0.6 is 11.5 Å². The summed E-state index contributed by atoms with van der Waals surface area (Å²) in [5, 5.41) is 8.79. The van der Waals surface area contributed by atoms with E-state index in [0.29, 0.717) is 0 Å². The third-order valence-corrected chi connectivity index (χ3v) is 2.66. The van der Waals surface area contributed by atoms with Crippen molar-refractivity contribution in [3.05, 3.63) is 17.1 Å². The third-order valence-electron chi connectivity index (χ3n) is 1.59. The second kappa shape index (κ2) is 2.62. The average Bonchev–Trinajstić information content (AvgIpc) is 2.37. The van der Waals surface area contributed by atoms with Gasteiger partial charge in [0.2, 0.25) is 0 Å². The average molecular weight is 171 g/mol. The Morgan fingerprint density at radius 2 is 2.36 bits per heavy atom. The van der Waals surface area contributed by atoms with E-state index in [1.54, 1.807) is 26.1 Å². The second-order valence-corrected chi connectivity index (χ2v) is 3.64. The zero-order valence-electron chi connectivity index (χ0n) is 6.37. The van der Waals surface area contributed by atoms with Crippen molar-refractivity contribution in [1.29, 1.82) is 0 Å². The summed E-state index contributed by atoms with van der Waals surface area (Å²) in [6.45, 7) is 3.34. The van der Waals surface area contributed by atoms with Crippen LogP contribution in [0.5, 0.6) is 0 Å². The summed E-state index contributed by atoms with van der Waals surface area (Å²) < 4.78 is 3.85. The van der Waals surface area contributed by atoms with Gasteiger partial charge in [0, 0.05) is 11.1 Å². The highest BCUT2D eigenvalue weighted by molar-refractivity contribution is 7.06. The third kappa shape index (κ3) is 1.40. The molecule has 0 atom stereocenters. The van der Waals surface area contributed by atoms with Gasteiger partial charge in [0.05, 0.1) is 5.41 Å². The van der Waals surface area contributed by atoms with Crippen LogP contribution in [-0.4, -0.2) is 15.4 Å². The van der Waals surface area contributed by atoms with Gasteiger partial charge in [-0.15, -0.1) is 0 Å². The van der Waals surface area contributed by atoms with Gasteiger partial charge in [0.25, 0.3) is 0 Å². The van der Waals surface area contributed by atoms with E-state index >= 15 is 0 Å². The summed E-state index contributed by atoms with van der Waals surface area (Å²) in [5.41, 5.74) is -0.804. The van der Waals surface area contributed by atoms with E-state index in [9.17, 15) is 4.79 Å². The highest BCUT2D eigenvalue weighted by Crippen LogP contribution is 2.25. The Bertz CT molecular complexity index is 253. The van der Waals surface area contributed by atoms with E-state index in [1.807, 2.05) is 0 Å². The van der Waals surface area contributed by atoms with Crippen molar-refractivity contribution in [3.8, 4) is 0 Å². The molecular weight excluding hydrogens is 162 g/mol. The monoisotopic (exact) mass is 171 g/mol. The molecule has 3 nitrogen and oxygen atoms in total. The Morgan fingerprint density at radius 1 is 1.73 bits per heavy atom. The number of hydrogen-bond acceptors (Lipinski definition) is 3. The maximum Gasteiger partial charge on any atom is 0.314 e. The molecule has 0 aliphatic carbocycles. The minimum absolute atomic E-state index is 0.782. The molecule has 1 aromatic rings. The standard InChI is InChI=1S/C7H9NO2S/c1-7(2,6(9)10)5-3-4-8-11-5/h3-4H,1-2H3,(H,9,10). The van der Waals surface area contributed by atoms with E-state index in [2.05, 4.69) is 4.37 Å². The number of carbonyl (C=O) groups is 1. The van der Waals surface area contributed by atoms with Crippen LogP contribution in [0.4, 0.5) is 0 Å². The van der Waals surface area contributed by atoms with Gasteiger partial charge in [-0.3, -0.25) is 4.79 Å². The van der Waals surface area contributed by atoms with E-state index in [1.165, 1.54) is 11.5 Å². The van der Waals surface area contributed by atoms with Crippen LogP contribution in [0.2, 0.25) is 0 Å². The fraction of sp³-hybridized carbons (Fsp3) is 0.429. The Labute approximate surface area is 68.8 Å². The SMILES string of the molecule is CC(C)(C(=O)O)c1ccns1. The van der Waals surface area contributed by atoms with Gasteiger partial charge in [-0.1, -0.05) is 0 Å². The first-order valence-corrected chi connectivity index (χ1v) is 3.97. The molecule has 1 aromatic heterocycles. The number of rotatable bonds is 2. The maximum absolute atomic E-state index is 10.7. The second-order valence-electron chi connectivity index (χ2n) is 2.81. The molecule has 0 saturated heterocycles. The van der Waals surface area contributed by atoms with Gasteiger partial charge in [-0.25, -0.2) is 4.37 Å². The van der Waals surface area contributed by atoms with Crippen molar-refractivity contribution in [2.75, 3.05) is 0 Å². The van der Waals surface area contributed by atoms with Crippen LogP contribution in [0.3, 0.4) is 0 Å². The number of aromatic nitrogens is 1. The van der Waals surface area contributed by atoms with Crippen molar-refractivity contribution in [2.24, 2.45) is 0 Å². The minimum Gasteiger partial charge on any atom is -0.481 e. The van der Waals surface area contributed by atoms with Gasteiger partial charge < -0.3 is 5.11 Å². The summed E-state index contributed by atoms with van der Waals surface area (Å²) in [6.07, 6.45) is 1.62. The molecule has 0 radical (unpaired) electrons. The molecule has 0 aliphatic heterocycles. The molecule has 60 valence electrons. The van der Waals surface area contributed by atoms with Gasteiger partial charge in [0.15, 0.2) is 0 Å². The van der Waals surface area contributed by atoms with Gasteiger partial charge in [0.1, 0.15) is 0 Å². The maximum atomic E-state index is 10.7. The number of nitrogens with zero attached hydrogens (tertiary/aromatic N) is 1. The molecule has 11 heavy (non-hydrogen) atoms. The van der Waals surface area contributed by atoms with Crippen molar-refractivity contribution in [2.45, 2.75) is 19.3 Å². The van der Waals surface area contributed by atoms with Crippen LogP contribution in [0, 0.1) is 0 Å². The Hall–Kier alpha value is -0.900. The first-order chi connectivity index (χ1) is 5.05. The molecule has 0 aromatic carbocycles. The van der Waals surface area contributed by atoms with Crippen molar-refractivity contribution in [3.63, 3.8) is 0 Å². The minimum atomic E-state index is -0.818. The highest BCUT2D eigenvalue weighted by atomic mass is 32.1. The Balaban J connectivity index is 3.00. The van der Waals surface area contributed by atoms with E-state index < -0.39 is 11.4 Å². The summed E-state index contributed by atoms with van der Waals surface area (Å²) in [4.78, 5) is 11.5. The number of aliphatic carboxylic acids is 1. The van der Waals surface area contributed by atoms with Crippen molar-refractivity contribution in [1.82, 2.24) is 4.37 Å². The lowest BCUT2D eigenvalue weighted by atomic mass is 9.92. The zero-order valence-corrected chi connectivity index (χ0v) is 7.18. The summed E-state index contributed by atoms with van der Waals surface area (Å²) in [7, 11) is 0. The summed E-state index contributed by atoms with van der Waals surface area (Å²) in [5.74, 6) is -0.818. The summed E-state index contributed by atoms with van der Waals surface area (Å²) >= 11 is 1.23. The molecule has 0 fully saturated rings. The molecule has 0 aliphatic rings. The predicted octanol–water partition coefficient (Wildman–Crippen LogP) is 1.51. The Morgan fingerprint density at radius 3 is 2.73 bits per heavy atom. The topological polar surface area (TPSA) is 50.2 Å². The van der Waals surface area contributed by atoms with Crippen molar-refractivity contribution < 1.29 is 9.90 Å². The molecule has 0 amide bonds. The van der Waals surface area contributed by atoms with Crippen LogP contribution in [0.25, 0.3) is 0 Å². The van der Waals surface area contributed by atoms with Crippen LogP contribution in [0.1, 0.15) is 18.7 Å². The number of carboxylic acids is 1. The molecule has 1 N–H and O–H groups in total. The molecule has 4 heteroatoms. The fourth-order valence-electron chi connectivity index (χ4n) is 0.644. The fourth-order valence-corrected chi connectivity index (χ4v) is 1.32. The molecule has 0 unspecified atom stereocenters. The molecule has 1 heterocycles. The van der Waals surface area contributed by atoms with Gasteiger partial charge in [-0.2, -0.15) is 0 Å². The normalized spacial score (nSPS) is 11.5. The first kappa shape index (κ1) is 8.20. The van der Waals surface area contributed by atoms with E-state index in [-0.39, 0.29) is 0 Å². The lowest BCUT2D eigenvalue weighted by molar-refractivity contribution is -0.142. The summed E-state index contributed by atoms with van der Waals surface area (Å²) in [6, 6.07) is 1.73. The molecular formula is C7H9NO2S. The van der Waals surface area contributed by atoms with Gasteiger partial charge in [-0.05, 0) is 31.4 Å². The first-order valence-electron chi connectivity index (χ1n) is 3.19. The molecule has 0 bridgehead atoms. The lowest BCUT2D eigenvalue weighted by Gasteiger charge is -2.15. The smallest absolute Gasteiger partial charge is 0.314 e. The molecule has 0 saturated carbocycles. The predicted molar refractivity (Wildman–Crippen MR) is 42.8 cm³/mol. The lowest BCUT2D eigenvalue weighted by Crippen LogP contribution is -2.27. The quantitative estimate of drug-likeness (QED) is 0.733. The van der Waals surface area contributed by atoms with Crippen LogP contribution in [-0.2, 0) is 10.2 Å². The zero-order chi connectivity index (χ0) is 8.48. The Kier molecular flexibility index (Phi) is 1.95. The molecule has 1 rings (SSSR count). The molecule has 0 spiro atoms. The van der Waals surface area contributed by atoms with E-state index in [0.717, 1.165) is 4.88 Å². The highest BCUT2D eigenvalue weighted by Gasteiger charge is 2.30. The van der Waals surface area contributed by atoms with Crippen LogP contribution in [0.15, 0.2) is 12.3 Å².